The first-order chi connectivity index (χ1) is 9.50. The Morgan fingerprint density at radius 1 is 1.30 bits per heavy atom. The van der Waals surface area contributed by atoms with Crippen LogP contribution in [0.25, 0.3) is 11.0 Å². The fourth-order valence-electron chi connectivity index (χ4n) is 3.63. The van der Waals surface area contributed by atoms with Gasteiger partial charge in [0, 0.05) is 6.04 Å². The summed E-state index contributed by atoms with van der Waals surface area (Å²) in [6.45, 7) is 6.79. The number of halogens is 1. The van der Waals surface area contributed by atoms with Crippen LogP contribution in [-0.4, -0.2) is 9.55 Å². The first kappa shape index (κ1) is 13.9. The van der Waals surface area contributed by atoms with Gasteiger partial charge >= 0.3 is 0 Å². The van der Waals surface area contributed by atoms with Gasteiger partial charge in [0.25, 0.3) is 0 Å². The molecule has 0 bridgehead atoms. The molecule has 108 valence electrons. The zero-order chi connectivity index (χ0) is 14.3. The van der Waals surface area contributed by atoms with Crippen molar-refractivity contribution in [3.05, 3.63) is 30.1 Å². The lowest BCUT2D eigenvalue weighted by Crippen LogP contribution is -2.31. The minimum absolute atomic E-state index is 0.0554. The summed E-state index contributed by atoms with van der Waals surface area (Å²) in [5.41, 5.74) is 2.61. The van der Waals surface area contributed by atoms with Crippen molar-refractivity contribution in [2.24, 2.45) is 5.41 Å². The lowest BCUT2D eigenvalue weighted by Gasteiger charge is -2.40. The molecule has 2 atom stereocenters. The number of para-hydroxylation sites is 2. The van der Waals surface area contributed by atoms with E-state index in [1.54, 1.807) is 0 Å². The second-order valence-electron chi connectivity index (χ2n) is 6.69. The van der Waals surface area contributed by atoms with Crippen molar-refractivity contribution in [1.82, 2.24) is 9.55 Å². The van der Waals surface area contributed by atoms with Crippen LogP contribution in [0.5, 0.6) is 0 Å². The van der Waals surface area contributed by atoms with E-state index >= 15 is 0 Å². The molecule has 1 aliphatic rings. The molecule has 20 heavy (non-hydrogen) atoms. The van der Waals surface area contributed by atoms with Gasteiger partial charge in [-0.2, -0.15) is 0 Å². The van der Waals surface area contributed by atoms with Gasteiger partial charge in [0.2, 0.25) is 0 Å². The fourth-order valence-corrected chi connectivity index (χ4v) is 3.78. The van der Waals surface area contributed by atoms with Crippen molar-refractivity contribution in [3.63, 3.8) is 0 Å². The summed E-state index contributed by atoms with van der Waals surface area (Å²) in [4.78, 5) is 4.78. The van der Waals surface area contributed by atoms with Gasteiger partial charge in [-0.25, -0.2) is 4.98 Å². The molecule has 0 aliphatic heterocycles. The molecule has 1 aromatic carbocycles. The topological polar surface area (TPSA) is 17.8 Å². The van der Waals surface area contributed by atoms with E-state index in [4.69, 9.17) is 16.6 Å². The number of rotatable bonds is 2. The summed E-state index contributed by atoms with van der Waals surface area (Å²) in [6, 6.07) is 8.91. The first-order valence-electron chi connectivity index (χ1n) is 7.61. The van der Waals surface area contributed by atoms with Gasteiger partial charge in [-0.05, 0) is 37.3 Å². The van der Waals surface area contributed by atoms with E-state index in [0.717, 1.165) is 11.3 Å². The van der Waals surface area contributed by atoms with E-state index in [1.165, 1.54) is 31.2 Å². The second-order valence-corrected chi connectivity index (χ2v) is 7.35. The number of hydrogen-bond acceptors (Lipinski definition) is 1. The van der Waals surface area contributed by atoms with Crippen LogP contribution < -0.4 is 0 Å². The Labute approximate surface area is 126 Å². The average Bonchev–Trinajstić information content (AvgIpc) is 2.78. The SMILES string of the molecule is CC(Cl)c1nc2ccccc2n1C1CCCCC1(C)C. The minimum Gasteiger partial charge on any atom is -0.323 e. The Bertz CT molecular complexity index is 612. The predicted octanol–water partition coefficient (Wildman–Crippen LogP) is 5.48. The van der Waals surface area contributed by atoms with Crippen molar-refractivity contribution >= 4 is 22.6 Å². The zero-order valence-corrected chi connectivity index (χ0v) is 13.3. The Hall–Kier alpha value is -1.02. The smallest absolute Gasteiger partial charge is 0.127 e. The van der Waals surface area contributed by atoms with Crippen LogP contribution in [0, 0.1) is 5.41 Å². The highest BCUT2D eigenvalue weighted by Gasteiger charge is 2.36. The van der Waals surface area contributed by atoms with Crippen LogP contribution in [0.4, 0.5) is 0 Å². The quantitative estimate of drug-likeness (QED) is 0.670. The van der Waals surface area contributed by atoms with E-state index in [0.29, 0.717) is 11.5 Å². The van der Waals surface area contributed by atoms with Crippen LogP contribution in [-0.2, 0) is 0 Å². The molecule has 1 aliphatic carbocycles. The maximum absolute atomic E-state index is 6.41. The number of benzene rings is 1. The summed E-state index contributed by atoms with van der Waals surface area (Å²) >= 11 is 6.41. The van der Waals surface area contributed by atoms with Gasteiger partial charge in [0.05, 0.1) is 16.4 Å². The number of imidazole rings is 1. The highest BCUT2D eigenvalue weighted by atomic mass is 35.5. The number of nitrogens with zero attached hydrogens (tertiary/aromatic N) is 2. The number of fused-ring (bicyclic) bond motifs is 1. The van der Waals surface area contributed by atoms with Crippen molar-refractivity contribution in [3.8, 4) is 0 Å². The van der Waals surface area contributed by atoms with Gasteiger partial charge < -0.3 is 4.57 Å². The van der Waals surface area contributed by atoms with Crippen LogP contribution >= 0.6 is 11.6 Å². The molecular weight excluding hydrogens is 268 g/mol. The number of alkyl halides is 1. The molecule has 3 heteroatoms. The first-order valence-corrected chi connectivity index (χ1v) is 8.05. The summed E-state index contributed by atoms with van der Waals surface area (Å²) in [7, 11) is 0. The molecule has 0 saturated heterocycles. The zero-order valence-electron chi connectivity index (χ0n) is 12.6. The lowest BCUT2D eigenvalue weighted by molar-refractivity contribution is 0.145. The molecule has 0 spiro atoms. The highest BCUT2D eigenvalue weighted by molar-refractivity contribution is 6.20. The van der Waals surface area contributed by atoms with Crippen molar-refractivity contribution in [2.45, 2.75) is 57.9 Å². The highest BCUT2D eigenvalue weighted by Crippen LogP contribution is 2.46. The molecule has 0 amide bonds. The van der Waals surface area contributed by atoms with Gasteiger partial charge in [-0.1, -0.05) is 38.8 Å². The number of aromatic nitrogens is 2. The minimum atomic E-state index is -0.0554. The molecule has 2 unspecified atom stereocenters. The summed E-state index contributed by atoms with van der Waals surface area (Å²) in [5.74, 6) is 1.02. The third kappa shape index (κ3) is 2.24. The molecule has 0 N–H and O–H groups in total. The monoisotopic (exact) mass is 290 g/mol. The van der Waals surface area contributed by atoms with E-state index in [2.05, 4.69) is 36.6 Å². The van der Waals surface area contributed by atoms with Crippen molar-refractivity contribution in [1.29, 1.82) is 0 Å². The Balaban J connectivity index is 2.20. The maximum atomic E-state index is 6.41. The van der Waals surface area contributed by atoms with Crippen molar-refractivity contribution in [2.75, 3.05) is 0 Å². The van der Waals surface area contributed by atoms with Crippen LogP contribution in [0.1, 0.15) is 63.7 Å². The van der Waals surface area contributed by atoms with Crippen LogP contribution in [0.3, 0.4) is 0 Å². The predicted molar refractivity (Wildman–Crippen MR) is 85.3 cm³/mol. The van der Waals surface area contributed by atoms with E-state index < -0.39 is 0 Å². The Morgan fingerprint density at radius 2 is 2.05 bits per heavy atom. The number of hydrogen-bond donors (Lipinski definition) is 0. The van der Waals surface area contributed by atoms with Gasteiger partial charge in [-0.3, -0.25) is 0 Å². The third-order valence-corrected chi connectivity index (χ3v) is 4.94. The normalized spacial score (nSPS) is 23.9. The second kappa shape index (κ2) is 5.07. The molecule has 2 nitrogen and oxygen atoms in total. The molecule has 2 aromatic rings. The van der Waals surface area contributed by atoms with Crippen LogP contribution in [0.15, 0.2) is 24.3 Å². The average molecular weight is 291 g/mol. The maximum Gasteiger partial charge on any atom is 0.127 e. The molecule has 3 rings (SSSR count). The summed E-state index contributed by atoms with van der Waals surface area (Å²) in [6.07, 6.45) is 5.14. The summed E-state index contributed by atoms with van der Waals surface area (Å²) < 4.78 is 2.42. The fraction of sp³-hybridized carbons (Fsp3) is 0.588. The Kier molecular flexibility index (Phi) is 3.53. The lowest BCUT2D eigenvalue weighted by atomic mass is 9.73. The molecule has 1 aromatic heterocycles. The molecule has 1 heterocycles. The largest absolute Gasteiger partial charge is 0.323 e. The van der Waals surface area contributed by atoms with E-state index in [1.807, 2.05) is 13.0 Å². The van der Waals surface area contributed by atoms with Gasteiger partial charge in [0.15, 0.2) is 0 Å². The Morgan fingerprint density at radius 3 is 2.75 bits per heavy atom. The summed E-state index contributed by atoms with van der Waals surface area (Å²) in [5, 5.41) is -0.0554. The van der Waals surface area contributed by atoms with Gasteiger partial charge in [0.1, 0.15) is 5.82 Å². The van der Waals surface area contributed by atoms with E-state index in [9.17, 15) is 0 Å². The molecular formula is C17H23ClN2. The molecule has 1 fully saturated rings. The molecule has 0 radical (unpaired) electrons. The standard InChI is InChI=1S/C17H23ClN2/c1-12(18)16-19-13-8-4-5-9-14(13)20(16)15-10-6-7-11-17(15,2)3/h4-5,8-9,12,15H,6-7,10-11H2,1-3H3. The third-order valence-electron chi connectivity index (χ3n) is 4.74. The van der Waals surface area contributed by atoms with Crippen LogP contribution in [0.2, 0.25) is 0 Å². The van der Waals surface area contributed by atoms with Gasteiger partial charge in [-0.15, -0.1) is 11.6 Å². The molecule has 1 saturated carbocycles. The van der Waals surface area contributed by atoms with E-state index in [-0.39, 0.29) is 5.38 Å². The van der Waals surface area contributed by atoms with Crippen molar-refractivity contribution < 1.29 is 0 Å².